The summed E-state index contributed by atoms with van der Waals surface area (Å²) in [5, 5.41) is 11.7. The summed E-state index contributed by atoms with van der Waals surface area (Å²) in [4.78, 5) is 1.97. The van der Waals surface area contributed by atoms with Crippen molar-refractivity contribution in [2.45, 2.75) is 6.92 Å². The topological polar surface area (TPSA) is 46.8 Å². The monoisotopic (exact) mass is 229 g/mol. The minimum Gasteiger partial charge on any atom is -0.338 e. The maximum absolute atomic E-state index is 4.03. The van der Waals surface area contributed by atoms with Crippen molar-refractivity contribution in [1.82, 2.24) is 20.2 Å². The molecule has 0 saturated heterocycles. The van der Waals surface area contributed by atoms with E-state index < -0.39 is 0 Å². The van der Waals surface area contributed by atoms with Gasteiger partial charge in [0.05, 0.1) is 5.69 Å². The molecule has 5 heteroatoms. The van der Waals surface area contributed by atoms with Crippen LogP contribution in [0.3, 0.4) is 0 Å². The van der Waals surface area contributed by atoms with Crippen LogP contribution in [-0.4, -0.2) is 33.8 Å². The molecule has 0 bridgehead atoms. The summed E-state index contributed by atoms with van der Waals surface area (Å²) in [6.45, 7) is 6.60. The molecule has 0 N–H and O–H groups in total. The van der Waals surface area contributed by atoms with Gasteiger partial charge in [-0.05, 0) is 29.5 Å². The molecule has 88 valence electrons. The smallest absolute Gasteiger partial charge is 0.250 e. The normalized spacial score (nSPS) is 10.2. The van der Waals surface area contributed by atoms with Gasteiger partial charge in [-0.3, -0.25) is 0 Å². The van der Waals surface area contributed by atoms with Crippen LogP contribution >= 0.6 is 0 Å². The quantitative estimate of drug-likeness (QED) is 0.748. The standard InChI is InChI=1S/C12H15N5/c1-10(2)9-16(3)12-13-14-15-17(12)11-7-5-4-6-8-11/h4-8H,1,9H2,2-3H3. The van der Waals surface area contributed by atoms with Crippen molar-refractivity contribution in [3.8, 4) is 5.69 Å². The van der Waals surface area contributed by atoms with Gasteiger partial charge in [0.15, 0.2) is 0 Å². The molecular weight excluding hydrogens is 214 g/mol. The molecule has 0 spiro atoms. The van der Waals surface area contributed by atoms with Crippen molar-refractivity contribution >= 4 is 5.95 Å². The Labute approximate surface area is 100 Å². The summed E-state index contributed by atoms with van der Waals surface area (Å²) in [7, 11) is 1.94. The molecule has 17 heavy (non-hydrogen) atoms. The summed E-state index contributed by atoms with van der Waals surface area (Å²) in [5.41, 5.74) is 2.01. The van der Waals surface area contributed by atoms with Crippen LogP contribution in [0.25, 0.3) is 5.69 Å². The van der Waals surface area contributed by atoms with Crippen LogP contribution < -0.4 is 4.90 Å². The summed E-state index contributed by atoms with van der Waals surface area (Å²) in [6.07, 6.45) is 0. The van der Waals surface area contributed by atoms with Gasteiger partial charge in [0.25, 0.3) is 0 Å². The van der Waals surface area contributed by atoms with E-state index in [-0.39, 0.29) is 0 Å². The highest BCUT2D eigenvalue weighted by atomic mass is 15.6. The zero-order valence-electron chi connectivity index (χ0n) is 10.0. The molecule has 0 radical (unpaired) electrons. The molecule has 1 aromatic heterocycles. The third-order valence-corrected chi connectivity index (χ3v) is 2.30. The van der Waals surface area contributed by atoms with Crippen LogP contribution in [0.2, 0.25) is 0 Å². The first kappa shape index (κ1) is 11.3. The van der Waals surface area contributed by atoms with Gasteiger partial charge in [-0.2, -0.15) is 4.68 Å². The molecule has 0 aliphatic rings. The molecule has 5 nitrogen and oxygen atoms in total. The molecule has 2 aromatic rings. The number of hydrogen-bond acceptors (Lipinski definition) is 4. The third-order valence-electron chi connectivity index (χ3n) is 2.30. The molecule has 0 unspecified atom stereocenters. The Kier molecular flexibility index (Phi) is 3.18. The number of anilines is 1. The fourth-order valence-corrected chi connectivity index (χ4v) is 1.63. The Hall–Kier alpha value is -2.17. The van der Waals surface area contributed by atoms with Gasteiger partial charge in [-0.25, -0.2) is 0 Å². The van der Waals surface area contributed by atoms with Crippen molar-refractivity contribution in [2.24, 2.45) is 0 Å². The van der Waals surface area contributed by atoms with Gasteiger partial charge >= 0.3 is 0 Å². The number of para-hydroxylation sites is 1. The second-order valence-corrected chi connectivity index (χ2v) is 4.04. The number of rotatable bonds is 4. The van der Waals surface area contributed by atoms with E-state index in [1.165, 1.54) is 0 Å². The van der Waals surface area contributed by atoms with Crippen LogP contribution in [0.15, 0.2) is 42.5 Å². The number of aromatic nitrogens is 4. The Balaban J connectivity index is 2.32. The van der Waals surface area contributed by atoms with Crippen molar-refractivity contribution in [3.63, 3.8) is 0 Å². The van der Waals surface area contributed by atoms with E-state index in [0.29, 0.717) is 5.95 Å². The highest BCUT2D eigenvalue weighted by Gasteiger charge is 2.12. The van der Waals surface area contributed by atoms with Crippen LogP contribution in [0, 0.1) is 0 Å². The largest absolute Gasteiger partial charge is 0.338 e. The number of nitrogens with zero attached hydrogens (tertiary/aromatic N) is 5. The van der Waals surface area contributed by atoms with Crippen LogP contribution in [0.1, 0.15) is 6.92 Å². The van der Waals surface area contributed by atoms with Crippen LogP contribution in [-0.2, 0) is 0 Å². The number of benzene rings is 1. The lowest BCUT2D eigenvalue weighted by atomic mass is 10.3. The van der Waals surface area contributed by atoms with Crippen molar-refractivity contribution in [1.29, 1.82) is 0 Å². The summed E-state index contributed by atoms with van der Waals surface area (Å²) < 4.78 is 1.71. The Bertz CT molecular complexity index is 503. The Morgan fingerprint density at radius 3 is 2.71 bits per heavy atom. The molecule has 1 aromatic carbocycles. The minimum absolute atomic E-state index is 0.708. The highest BCUT2D eigenvalue weighted by molar-refractivity contribution is 5.40. The van der Waals surface area contributed by atoms with Gasteiger partial charge in [-0.1, -0.05) is 35.4 Å². The maximum Gasteiger partial charge on any atom is 0.250 e. The SMILES string of the molecule is C=C(C)CN(C)c1nnnn1-c1ccccc1. The average Bonchev–Trinajstić information content (AvgIpc) is 2.78. The van der Waals surface area contributed by atoms with E-state index in [1.807, 2.05) is 49.2 Å². The lowest BCUT2D eigenvalue weighted by molar-refractivity contribution is 0.779. The molecule has 0 fully saturated rings. The maximum atomic E-state index is 4.03. The fraction of sp³-hybridized carbons (Fsp3) is 0.250. The van der Waals surface area contributed by atoms with Gasteiger partial charge in [0.1, 0.15) is 0 Å². The summed E-state index contributed by atoms with van der Waals surface area (Å²) in [5.74, 6) is 0.708. The summed E-state index contributed by atoms with van der Waals surface area (Å²) in [6, 6.07) is 9.81. The van der Waals surface area contributed by atoms with E-state index >= 15 is 0 Å². The van der Waals surface area contributed by atoms with Crippen LogP contribution in [0.4, 0.5) is 5.95 Å². The van der Waals surface area contributed by atoms with E-state index in [1.54, 1.807) is 4.68 Å². The molecule has 0 aliphatic heterocycles. The molecule has 2 rings (SSSR count). The van der Waals surface area contributed by atoms with Crippen LogP contribution in [0.5, 0.6) is 0 Å². The molecule has 0 saturated carbocycles. The predicted octanol–water partition coefficient (Wildman–Crippen LogP) is 1.67. The Morgan fingerprint density at radius 1 is 1.35 bits per heavy atom. The fourth-order valence-electron chi connectivity index (χ4n) is 1.63. The third kappa shape index (κ3) is 2.50. The first-order valence-corrected chi connectivity index (χ1v) is 5.38. The van der Waals surface area contributed by atoms with E-state index in [9.17, 15) is 0 Å². The van der Waals surface area contributed by atoms with Gasteiger partial charge in [0, 0.05) is 13.6 Å². The first-order valence-electron chi connectivity index (χ1n) is 5.38. The van der Waals surface area contributed by atoms with Gasteiger partial charge in [0.2, 0.25) is 5.95 Å². The first-order chi connectivity index (χ1) is 8.18. The highest BCUT2D eigenvalue weighted by Crippen LogP contribution is 2.14. The van der Waals surface area contributed by atoms with Crippen molar-refractivity contribution < 1.29 is 0 Å². The summed E-state index contributed by atoms with van der Waals surface area (Å²) >= 11 is 0. The zero-order chi connectivity index (χ0) is 12.3. The second-order valence-electron chi connectivity index (χ2n) is 4.04. The van der Waals surface area contributed by atoms with Gasteiger partial charge in [-0.15, -0.1) is 0 Å². The number of likely N-dealkylation sites (N-methyl/N-ethyl adjacent to an activating group) is 1. The van der Waals surface area contributed by atoms with E-state index in [4.69, 9.17) is 0 Å². The van der Waals surface area contributed by atoms with Crippen molar-refractivity contribution in [3.05, 3.63) is 42.5 Å². The Morgan fingerprint density at radius 2 is 2.06 bits per heavy atom. The minimum atomic E-state index is 0.708. The molecule has 1 heterocycles. The lowest BCUT2D eigenvalue weighted by Crippen LogP contribution is -2.23. The van der Waals surface area contributed by atoms with E-state index in [0.717, 1.165) is 17.8 Å². The average molecular weight is 229 g/mol. The molecule has 0 amide bonds. The second kappa shape index (κ2) is 4.78. The number of hydrogen-bond donors (Lipinski definition) is 0. The predicted molar refractivity (Wildman–Crippen MR) is 67.2 cm³/mol. The molecule has 0 atom stereocenters. The van der Waals surface area contributed by atoms with E-state index in [2.05, 4.69) is 22.1 Å². The molecular formula is C12H15N5. The lowest BCUT2D eigenvalue weighted by Gasteiger charge is -2.17. The molecule has 0 aliphatic carbocycles. The zero-order valence-corrected chi connectivity index (χ0v) is 10.0. The van der Waals surface area contributed by atoms with Gasteiger partial charge < -0.3 is 4.90 Å². The number of tetrazole rings is 1. The van der Waals surface area contributed by atoms with Crippen molar-refractivity contribution in [2.75, 3.05) is 18.5 Å².